The Morgan fingerprint density at radius 3 is 2.70 bits per heavy atom. The van der Waals surface area contributed by atoms with Gasteiger partial charge in [0.05, 0.1) is 4.90 Å². The van der Waals surface area contributed by atoms with Crippen molar-refractivity contribution in [2.75, 3.05) is 20.1 Å². The molecule has 0 aliphatic heterocycles. The molecule has 0 unspecified atom stereocenters. The van der Waals surface area contributed by atoms with Crippen LogP contribution in [0.3, 0.4) is 0 Å². The molecule has 1 aliphatic rings. The summed E-state index contributed by atoms with van der Waals surface area (Å²) in [4.78, 5) is 2.56. The number of rotatable bonds is 6. The van der Waals surface area contributed by atoms with Crippen molar-refractivity contribution in [3.05, 3.63) is 28.7 Å². The van der Waals surface area contributed by atoms with Gasteiger partial charge in [-0.1, -0.05) is 34.8 Å². The minimum atomic E-state index is -3.41. The van der Waals surface area contributed by atoms with Gasteiger partial charge in [-0.15, -0.1) is 0 Å². The molecule has 1 N–H and O–H groups in total. The van der Waals surface area contributed by atoms with Gasteiger partial charge in [0, 0.05) is 23.6 Å². The smallest absolute Gasteiger partial charge is 0.240 e. The lowest BCUT2D eigenvalue weighted by atomic mass is 10.2. The second-order valence-corrected chi connectivity index (χ2v) is 7.96. The number of sulfonamides is 1. The van der Waals surface area contributed by atoms with E-state index >= 15 is 0 Å². The highest BCUT2D eigenvalue weighted by atomic mass is 79.9. The van der Waals surface area contributed by atoms with Crippen LogP contribution in [-0.4, -0.2) is 39.5 Å². The number of likely N-dealkylation sites (N-methyl/N-ethyl adjacent to an activating group) is 1. The van der Waals surface area contributed by atoms with E-state index in [0.29, 0.717) is 17.5 Å². The van der Waals surface area contributed by atoms with Crippen molar-refractivity contribution >= 4 is 26.0 Å². The number of hydrogen-bond acceptors (Lipinski definition) is 3. The Labute approximate surface area is 129 Å². The van der Waals surface area contributed by atoms with Crippen LogP contribution in [0.2, 0.25) is 0 Å². The van der Waals surface area contributed by atoms with Crippen molar-refractivity contribution in [3.8, 4) is 0 Å². The van der Waals surface area contributed by atoms with E-state index in [1.54, 1.807) is 18.2 Å². The standard InChI is InChI=1S/C14H21BrN2O2S/c1-17(13-6-2-3-7-13)10-9-16-20(18,19)14-8-4-5-12(15)11-14/h4-5,8,11,13,16H,2-3,6-7,9-10H2,1H3. The van der Waals surface area contributed by atoms with E-state index in [1.165, 1.54) is 25.7 Å². The maximum absolute atomic E-state index is 12.1. The number of benzene rings is 1. The largest absolute Gasteiger partial charge is 0.302 e. The summed E-state index contributed by atoms with van der Waals surface area (Å²) in [5, 5.41) is 0. The van der Waals surface area contributed by atoms with Gasteiger partial charge in [0.25, 0.3) is 0 Å². The first-order chi connectivity index (χ1) is 9.49. The van der Waals surface area contributed by atoms with E-state index in [1.807, 2.05) is 6.07 Å². The average Bonchev–Trinajstić information content (AvgIpc) is 2.92. The fourth-order valence-electron chi connectivity index (χ4n) is 2.60. The molecule has 112 valence electrons. The predicted octanol–water partition coefficient (Wildman–Crippen LogP) is 2.60. The average molecular weight is 361 g/mol. The summed E-state index contributed by atoms with van der Waals surface area (Å²) in [5.41, 5.74) is 0. The van der Waals surface area contributed by atoms with Crippen LogP contribution in [0, 0.1) is 0 Å². The zero-order chi connectivity index (χ0) is 14.6. The third-order valence-corrected chi connectivity index (χ3v) is 5.76. The minimum Gasteiger partial charge on any atom is -0.302 e. The summed E-state index contributed by atoms with van der Waals surface area (Å²) in [5.74, 6) is 0. The fraction of sp³-hybridized carbons (Fsp3) is 0.571. The molecule has 0 saturated heterocycles. The SMILES string of the molecule is CN(CCNS(=O)(=O)c1cccc(Br)c1)C1CCCC1. The molecule has 1 aromatic rings. The monoisotopic (exact) mass is 360 g/mol. The third-order valence-electron chi connectivity index (χ3n) is 3.81. The lowest BCUT2D eigenvalue weighted by Gasteiger charge is -2.23. The summed E-state index contributed by atoms with van der Waals surface area (Å²) in [6.07, 6.45) is 5.04. The molecule has 4 nitrogen and oxygen atoms in total. The molecule has 0 radical (unpaired) electrons. The van der Waals surface area contributed by atoms with Crippen LogP contribution in [0.5, 0.6) is 0 Å². The van der Waals surface area contributed by atoms with Crippen molar-refractivity contribution in [1.82, 2.24) is 9.62 Å². The van der Waals surface area contributed by atoms with Crippen LogP contribution in [0.15, 0.2) is 33.6 Å². The molecule has 1 saturated carbocycles. The van der Waals surface area contributed by atoms with Crippen molar-refractivity contribution < 1.29 is 8.42 Å². The van der Waals surface area contributed by atoms with Gasteiger partial charge in [-0.2, -0.15) is 0 Å². The van der Waals surface area contributed by atoms with E-state index in [9.17, 15) is 8.42 Å². The first kappa shape index (κ1) is 15.9. The summed E-state index contributed by atoms with van der Waals surface area (Å²) >= 11 is 3.29. The minimum absolute atomic E-state index is 0.301. The Kier molecular flexibility index (Phi) is 5.60. The maximum atomic E-state index is 12.1. The third kappa shape index (κ3) is 4.28. The van der Waals surface area contributed by atoms with Crippen LogP contribution in [-0.2, 0) is 10.0 Å². The maximum Gasteiger partial charge on any atom is 0.240 e. The fourth-order valence-corrected chi connectivity index (χ4v) is 4.22. The Bertz CT molecular complexity index is 542. The van der Waals surface area contributed by atoms with E-state index in [0.717, 1.165) is 11.0 Å². The molecule has 2 rings (SSSR count). The topological polar surface area (TPSA) is 49.4 Å². The zero-order valence-corrected chi connectivity index (χ0v) is 14.1. The normalized spacial score (nSPS) is 16.9. The lowest BCUT2D eigenvalue weighted by Crippen LogP contribution is -2.37. The van der Waals surface area contributed by atoms with Gasteiger partial charge < -0.3 is 4.90 Å². The highest BCUT2D eigenvalue weighted by molar-refractivity contribution is 9.10. The quantitative estimate of drug-likeness (QED) is 0.847. The molecular weight excluding hydrogens is 340 g/mol. The first-order valence-corrected chi connectivity index (χ1v) is 9.22. The van der Waals surface area contributed by atoms with E-state index in [2.05, 4.69) is 32.6 Å². The molecule has 1 aromatic carbocycles. The Morgan fingerprint density at radius 2 is 2.05 bits per heavy atom. The molecule has 0 spiro atoms. The highest BCUT2D eigenvalue weighted by Gasteiger charge is 2.20. The Morgan fingerprint density at radius 1 is 1.35 bits per heavy atom. The van der Waals surface area contributed by atoms with Gasteiger partial charge in [-0.25, -0.2) is 13.1 Å². The molecule has 0 atom stereocenters. The summed E-state index contributed by atoms with van der Waals surface area (Å²) in [6, 6.07) is 7.37. The van der Waals surface area contributed by atoms with Crippen molar-refractivity contribution in [3.63, 3.8) is 0 Å². The number of nitrogens with zero attached hydrogens (tertiary/aromatic N) is 1. The molecule has 0 heterocycles. The van der Waals surface area contributed by atoms with Gasteiger partial charge in [-0.3, -0.25) is 0 Å². The molecule has 20 heavy (non-hydrogen) atoms. The van der Waals surface area contributed by atoms with Crippen LogP contribution < -0.4 is 4.72 Å². The molecular formula is C14H21BrN2O2S. The zero-order valence-electron chi connectivity index (χ0n) is 11.7. The second-order valence-electron chi connectivity index (χ2n) is 5.27. The van der Waals surface area contributed by atoms with Crippen molar-refractivity contribution in [2.24, 2.45) is 0 Å². The van der Waals surface area contributed by atoms with Crippen molar-refractivity contribution in [1.29, 1.82) is 0 Å². The second kappa shape index (κ2) is 7.02. The summed E-state index contributed by atoms with van der Waals surface area (Å²) < 4.78 is 27.7. The molecule has 0 aromatic heterocycles. The molecule has 1 fully saturated rings. The van der Waals surface area contributed by atoms with Crippen LogP contribution in [0.25, 0.3) is 0 Å². The van der Waals surface area contributed by atoms with Gasteiger partial charge in [0.2, 0.25) is 10.0 Å². The van der Waals surface area contributed by atoms with Crippen LogP contribution in [0.1, 0.15) is 25.7 Å². The Balaban J connectivity index is 1.86. The molecule has 0 amide bonds. The number of nitrogens with one attached hydrogen (secondary N) is 1. The molecule has 0 bridgehead atoms. The number of halogens is 1. The highest BCUT2D eigenvalue weighted by Crippen LogP contribution is 2.22. The number of hydrogen-bond donors (Lipinski definition) is 1. The predicted molar refractivity (Wildman–Crippen MR) is 84.2 cm³/mol. The molecule has 1 aliphatic carbocycles. The van der Waals surface area contributed by atoms with E-state index < -0.39 is 10.0 Å². The van der Waals surface area contributed by atoms with Gasteiger partial charge in [-0.05, 0) is 38.1 Å². The van der Waals surface area contributed by atoms with Gasteiger partial charge in [0.1, 0.15) is 0 Å². The van der Waals surface area contributed by atoms with E-state index in [-0.39, 0.29) is 0 Å². The van der Waals surface area contributed by atoms with Crippen LogP contribution >= 0.6 is 15.9 Å². The van der Waals surface area contributed by atoms with Gasteiger partial charge in [0.15, 0.2) is 0 Å². The lowest BCUT2D eigenvalue weighted by molar-refractivity contribution is 0.250. The van der Waals surface area contributed by atoms with Gasteiger partial charge >= 0.3 is 0 Å². The van der Waals surface area contributed by atoms with Crippen molar-refractivity contribution in [2.45, 2.75) is 36.6 Å². The molecule has 6 heteroatoms. The summed E-state index contributed by atoms with van der Waals surface area (Å²) in [6.45, 7) is 1.19. The first-order valence-electron chi connectivity index (χ1n) is 6.94. The Hall–Kier alpha value is -0.430. The van der Waals surface area contributed by atoms with E-state index in [4.69, 9.17) is 0 Å². The van der Waals surface area contributed by atoms with Crippen LogP contribution in [0.4, 0.5) is 0 Å². The summed E-state index contributed by atoms with van der Waals surface area (Å²) in [7, 11) is -1.34.